The first kappa shape index (κ1) is 22.2. The molecular formula is C21H17N3O8. The number of carbonyl (C=O) groups is 3. The number of carbonyl (C=O) groups excluding carboxylic acids is 3. The molecule has 0 fully saturated rings. The van der Waals surface area contributed by atoms with Crippen LogP contribution < -0.4 is 0 Å². The van der Waals surface area contributed by atoms with E-state index in [1.165, 1.54) is 12.1 Å². The molecule has 0 aliphatic heterocycles. The molecule has 1 heterocycles. The van der Waals surface area contributed by atoms with Gasteiger partial charge in [0.05, 0.1) is 31.9 Å². The molecule has 2 aromatic carbocycles. The highest BCUT2D eigenvalue weighted by Gasteiger charge is 2.35. The number of methoxy groups -OCH3 is 3. The normalized spacial score (nSPS) is 10.3. The van der Waals surface area contributed by atoms with Crippen LogP contribution in [-0.2, 0) is 14.2 Å². The first-order valence-electron chi connectivity index (χ1n) is 9.06. The van der Waals surface area contributed by atoms with E-state index in [2.05, 4.69) is 5.10 Å². The van der Waals surface area contributed by atoms with Crippen LogP contribution in [0.3, 0.4) is 0 Å². The molecule has 0 saturated carbocycles. The van der Waals surface area contributed by atoms with Crippen molar-refractivity contribution in [3.8, 4) is 16.9 Å². The van der Waals surface area contributed by atoms with Gasteiger partial charge in [0.2, 0.25) is 0 Å². The van der Waals surface area contributed by atoms with Crippen LogP contribution in [0.25, 0.3) is 16.9 Å². The number of rotatable bonds is 6. The number of nitro benzene ring substituents is 1. The van der Waals surface area contributed by atoms with Crippen LogP contribution in [0.5, 0.6) is 0 Å². The van der Waals surface area contributed by atoms with Gasteiger partial charge >= 0.3 is 17.9 Å². The van der Waals surface area contributed by atoms with E-state index in [0.29, 0.717) is 5.69 Å². The van der Waals surface area contributed by atoms with E-state index < -0.39 is 34.1 Å². The Balaban J connectivity index is 2.48. The Hall–Kier alpha value is -4.54. The second-order valence-electron chi connectivity index (χ2n) is 6.25. The van der Waals surface area contributed by atoms with E-state index in [9.17, 15) is 24.5 Å². The van der Waals surface area contributed by atoms with Crippen LogP contribution >= 0.6 is 0 Å². The standard InChI is InChI=1S/C21H17N3O8/c1-30-19(25)15-13(10-7-11-14(15)24(28)29)17-16(20(26)31-2)18(21(27)32-3)23(22-17)12-8-5-4-6-9-12/h4-11H,1-3H3. The van der Waals surface area contributed by atoms with Gasteiger partial charge in [-0.05, 0) is 12.1 Å². The van der Waals surface area contributed by atoms with Crippen molar-refractivity contribution in [2.24, 2.45) is 0 Å². The van der Waals surface area contributed by atoms with Gasteiger partial charge in [0.15, 0.2) is 5.69 Å². The Morgan fingerprint density at radius 1 is 0.844 bits per heavy atom. The number of nitrogens with zero attached hydrogens (tertiary/aromatic N) is 3. The summed E-state index contributed by atoms with van der Waals surface area (Å²) in [5.74, 6) is -2.88. The number of esters is 3. The molecule has 11 heteroatoms. The quantitative estimate of drug-likeness (QED) is 0.245. The zero-order chi connectivity index (χ0) is 23.4. The maximum absolute atomic E-state index is 12.7. The smallest absolute Gasteiger partial charge is 0.357 e. The molecule has 0 bridgehead atoms. The van der Waals surface area contributed by atoms with Gasteiger partial charge in [0.25, 0.3) is 5.69 Å². The van der Waals surface area contributed by atoms with E-state index in [-0.39, 0.29) is 22.5 Å². The van der Waals surface area contributed by atoms with Gasteiger partial charge in [-0.3, -0.25) is 10.1 Å². The lowest BCUT2D eigenvalue weighted by atomic mass is 9.98. The Morgan fingerprint density at radius 2 is 1.44 bits per heavy atom. The predicted octanol–water partition coefficient (Wildman–Crippen LogP) is 2.81. The minimum atomic E-state index is -1.02. The summed E-state index contributed by atoms with van der Waals surface area (Å²) in [4.78, 5) is 48.6. The number of benzene rings is 2. The molecule has 0 aliphatic rings. The summed E-state index contributed by atoms with van der Waals surface area (Å²) in [6.45, 7) is 0. The molecule has 0 amide bonds. The zero-order valence-electron chi connectivity index (χ0n) is 17.2. The van der Waals surface area contributed by atoms with Crippen molar-refractivity contribution in [3.63, 3.8) is 0 Å². The Morgan fingerprint density at radius 3 is 2.00 bits per heavy atom. The van der Waals surface area contributed by atoms with Crippen molar-refractivity contribution >= 4 is 23.6 Å². The minimum absolute atomic E-state index is 0.0914. The summed E-state index contributed by atoms with van der Waals surface area (Å²) in [5.41, 5.74) is -1.47. The molecular weight excluding hydrogens is 422 g/mol. The molecule has 0 N–H and O–H groups in total. The number of ether oxygens (including phenoxy) is 3. The third-order valence-electron chi connectivity index (χ3n) is 4.54. The van der Waals surface area contributed by atoms with Gasteiger partial charge in [0, 0.05) is 11.6 Å². The van der Waals surface area contributed by atoms with Gasteiger partial charge < -0.3 is 14.2 Å². The molecule has 0 aliphatic carbocycles. The lowest BCUT2D eigenvalue weighted by Gasteiger charge is -2.08. The monoisotopic (exact) mass is 439 g/mol. The lowest BCUT2D eigenvalue weighted by Crippen LogP contribution is -2.15. The third kappa shape index (κ3) is 3.78. The molecule has 1 aromatic heterocycles. The molecule has 0 spiro atoms. The maximum Gasteiger partial charge on any atom is 0.357 e. The van der Waals surface area contributed by atoms with Crippen LogP contribution in [0.15, 0.2) is 48.5 Å². The fourth-order valence-electron chi connectivity index (χ4n) is 3.15. The minimum Gasteiger partial charge on any atom is -0.465 e. The van der Waals surface area contributed by atoms with E-state index >= 15 is 0 Å². The molecule has 0 unspecified atom stereocenters. The van der Waals surface area contributed by atoms with Crippen LogP contribution in [-0.4, -0.2) is 53.9 Å². The highest BCUT2D eigenvalue weighted by atomic mass is 16.6. The first-order chi connectivity index (χ1) is 15.3. The number of para-hydroxylation sites is 1. The van der Waals surface area contributed by atoms with Gasteiger partial charge in [-0.1, -0.05) is 30.3 Å². The van der Waals surface area contributed by atoms with Crippen molar-refractivity contribution < 1.29 is 33.5 Å². The van der Waals surface area contributed by atoms with E-state index in [4.69, 9.17) is 14.2 Å². The highest BCUT2D eigenvalue weighted by Crippen LogP contribution is 2.35. The summed E-state index contributed by atoms with van der Waals surface area (Å²) in [7, 11) is 3.28. The van der Waals surface area contributed by atoms with Crippen molar-refractivity contribution in [1.82, 2.24) is 9.78 Å². The number of hydrogen-bond acceptors (Lipinski definition) is 9. The summed E-state index contributed by atoms with van der Waals surface area (Å²) in [5, 5.41) is 15.9. The second kappa shape index (κ2) is 9.08. The Labute approximate surface area is 181 Å². The van der Waals surface area contributed by atoms with Crippen molar-refractivity contribution in [2.45, 2.75) is 0 Å². The summed E-state index contributed by atoms with van der Waals surface area (Å²) in [6, 6.07) is 12.1. The number of hydrogen-bond donors (Lipinski definition) is 0. The fraction of sp³-hybridized carbons (Fsp3) is 0.143. The molecule has 3 aromatic rings. The molecule has 0 atom stereocenters. The van der Waals surface area contributed by atoms with Crippen molar-refractivity contribution in [1.29, 1.82) is 0 Å². The lowest BCUT2D eigenvalue weighted by molar-refractivity contribution is -0.385. The Bertz CT molecular complexity index is 1220. The van der Waals surface area contributed by atoms with Crippen LogP contribution in [0.2, 0.25) is 0 Å². The maximum atomic E-state index is 12.7. The summed E-state index contributed by atoms with van der Waals surface area (Å²) >= 11 is 0. The van der Waals surface area contributed by atoms with E-state index in [1.54, 1.807) is 30.3 Å². The average Bonchev–Trinajstić information content (AvgIpc) is 3.23. The molecule has 32 heavy (non-hydrogen) atoms. The van der Waals surface area contributed by atoms with Crippen molar-refractivity contribution in [2.75, 3.05) is 21.3 Å². The third-order valence-corrected chi connectivity index (χ3v) is 4.54. The van der Waals surface area contributed by atoms with Crippen LogP contribution in [0.1, 0.15) is 31.2 Å². The average molecular weight is 439 g/mol. The first-order valence-corrected chi connectivity index (χ1v) is 9.06. The zero-order valence-corrected chi connectivity index (χ0v) is 17.2. The predicted molar refractivity (Wildman–Crippen MR) is 110 cm³/mol. The molecule has 11 nitrogen and oxygen atoms in total. The topological polar surface area (TPSA) is 140 Å². The Kier molecular flexibility index (Phi) is 6.29. The molecule has 0 radical (unpaired) electrons. The molecule has 164 valence electrons. The summed E-state index contributed by atoms with van der Waals surface area (Å²) in [6.07, 6.45) is 0. The molecule has 3 rings (SSSR count). The highest BCUT2D eigenvalue weighted by molar-refractivity contribution is 6.09. The van der Waals surface area contributed by atoms with Gasteiger partial charge in [-0.2, -0.15) is 5.10 Å². The van der Waals surface area contributed by atoms with Gasteiger partial charge in [0.1, 0.15) is 16.8 Å². The SMILES string of the molecule is COC(=O)c1c(-c2nn(-c3ccccc3)c(C(=O)OC)c2C(=O)OC)cccc1[N+](=O)[O-]. The fourth-order valence-corrected chi connectivity index (χ4v) is 3.15. The molecule has 0 saturated heterocycles. The van der Waals surface area contributed by atoms with E-state index in [1.807, 2.05) is 0 Å². The second-order valence-corrected chi connectivity index (χ2v) is 6.25. The van der Waals surface area contributed by atoms with Crippen LogP contribution in [0, 0.1) is 10.1 Å². The number of aromatic nitrogens is 2. The van der Waals surface area contributed by atoms with Gasteiger partial charge in [-0.25, -0.2) is 19.1 Å². The van der Waals surface area contributed by atoms with Crippen molar-refractivity contribution in [3.05, 3.63) is 75.5 Å². The summed E-state index contributed by atoms with van der Waals surface area (Å²) < 4.78 is 15.5. The van der Waals surface area contributed by atoms with Gasteiger partial charge in [-0.15, -0.1) is 0 Å². The number of nitro groups is 1. The van der Waals surface area contributed by atoms with Crippen LogP contribution in [0.4, 0.5) is 5.69 Å². The largest absolute Gasteiger partial charge is 0.465 e. The van der Waals surface area contributed by atoms with E-state index in [0.717, 1.165) is 32.1 Å².